The summed E-state index contributed by atoms with van der Waals surface area (Å²) in [5.74, 6) is 2.21. The van der Waals surface area contributed by atoms with Gasteiger partial charge in [0.2, 0.25) is 5.89 Å². The SMILES string of the molecule is Cc1noc(C2CC(C)CCN2)n1. The van der Waals surface area contributed by atoms with E-state index in [1.807, 2.05) is 6.92 Å². The molecule has 1 N–H and O–H groups in total. The van der Waals surface area contributed by atoms with Gasteiger partial charge in [-0.05, 0) is 32.2 Å². The van der Waals surface area contributed by atoms with Crippen molar-refractivity contribution in [3.8, 4) is 0 Å². The van der Waals surface area contributed by atoms with Crippen LogP contribution < -0.4 is 5.32 Å². The van der Waals surface area contributed by atoms with Crippen LogP contribution in [0.15, 0.2) is 4.52 Å². The summed E-state index contributed by atoms with van der Waals surface area (Å²) in [6, 6.07) is 0.268. The number of nitrogens with one attached hydrogen (secondary N) is 1. The van der Waals surface area contributed by atoms with E-state index < -0.39 is 0 Å². The lowest BCUT2D eigenvalue weighted by Gasteiger charge is -2.25. The highest BCUT2D eigenvalue weighted by atomic mass is 16.5. The number of nitrogens with zero attached hydrogens (tertiary/aromatic N) is 2. The van der Waals surface area contributed by atoms with E-state index in [2.05, 4.69) is 22.4 Å². The van der Waals surface area contributed by atoms with Crippen LogP contribution in [0.25, 0.3) is 0 Å². The monoisotopic (exact) mass is 181 g/mol. The molecule has 0 aromatic carbocycles. The van der Waals surface area contributed by atoms with Crippen LogP contribution in [-0.2, 0) is 0 Å². The molecule has 0 spiro atoms. The van der Waals surface area contributed by atoms with Gasteiger partial charge >= 0.3 is 0 Å². The van der Waals surface area contributed by atoms with Gasteiger partial charge in [0.25, 0.3) is 0 Å². The lowest BCUT2D eigenvalue weighted by molar-refractivity contribution is 0.259. The van der Waals surface area contributed by atoms with Crippen LogP contribution in [0.1, 0.15) is 37.5 Å². The van der Waals surface area contributed by atoms with Crippen LogP contribution in [0.2, 0.25) is 0 Å². The lowest BCUT2D eigenvalue weighted by Crippen LogP contribution is -2.30. The summed E-state index contributed by atoms with van der Waals surface area (Å²) >= 11 is 0. The third kappa shape index (κ3) is 1.88. The van der Waals surface area contributed by atoms with Gasteiger partial charge in [-0.1, -0.05) is 12.1 Å². The van der Waals surface area contributed by atoms with E-state index in [4.69, 9.17) is 4.52 Å². The molecule has 0 aliphatic carbocycles. The predicted octanol–water partition coefficient (Wildman–Crippen LogP) is 1.44. The Bertz CT molecular complexity index is 284. The topological polar surface area (TPSA) is 51.0 Å². The Kier molecular flexibility index (Phi) is 2.31. The minimum absolute atomic E-state index is 0.268. The average molecular weight is 181 g/mol. The molecule has 1 saturated heterocycles. The minimum atomic E-state index is 0.268. The van der Waals surface area contributed by atoms with Crippen molar-refractivity contribution < 1.29 is 4.52 Å². The van der Waals surface area contributed by atoms with E-state index in [0.717, 1.165) is 30.6 Å². The molecule has 1 aromatic rings. The molecule has 0 bridgehead atoms. The van der Waals surface area contributed by atoms with Crippen LogP contribution in [0.5, 0.6) is 0 Å². The summed E-state index contributed by atoms with van der Waals surface area (Å²) in [4.78, 5) is 4.23. The normalized spacial score (nSPS) is 29.1. The maximum Gasteiger partial charge on any atom is 0.243 e. The van der Waals surface area contributed by atoms with Crippen molar-refractivity contribution >= 4 is 0 Å². The molecule has 0 amide bonds. The highest BCUT2D eigenvalue weighted by Crippen LogP contribution is 2.25. The number of hydrogen-bond acceptors (Lipinski definition) is 4. The first-order valence-electron chi connectivity index (χ1n) is 4.79. The van der Waals surface area contributed by atoms with Crippen LogP contribution in [0, 0.1) is 12.8 Å². The van der Waals surface area contributed by atoms with Crippen LogP contribution in [0.3, 0.4) is 0 Å². The Labute approximate surface area is 77.7 Å². The van der Waals surface area contributed by atoms with Crippen molar-refractivity contribution in [2.45, 2.75) is 32.7 Å². The summed E-state index contributed by atoms with van der Waals surface area (Å²) in [7, 11) is 0. The first-order valence-corrected chi connectivity index (χ1v) is 4.79. The summed E-state index contributed by atoms with van der Waals surface area (Å²) in [5, 5.41) is 7.17. The Morgan fingerprint density at radius 3 is 3.00 bits per heavy atom. The average Bonchev–Trinajstić information content (AvgIpc) is 2.52. The van der Waals surface area contributed by atoms with E-state index in [9.17, 15) is 0 Å². The van der Waals surface area contributed by atoms with E-state index in [-0.39, 0.29) is 6.04 Å². The van der Waals surface area contributed by atoms with Crippen molar-refractivity contribution in [3.63, 3.8) is 0 Å². The van der Waals surface area contributed by atoms with Crippen molar-refractivity contribution in [2.75, 3.05) is 6.54 Å². The lowest BCUT2D eigenvalue weighted by atomic mass is 9.94. The maximum atomic E-state index is 5.13. The van der Waals surface area contributed by atoms with Gasteiger partial charge in [0.15, 0.2) is 5.82 Å². The fourth-order valence-electron chi connectivity index (χ4n) is 1.75. The van der Waals surface area contributed by atoms with Crippen molar-refractivity contribution in [2.24, 2.45) is 5.92 Å². The van der Waals surface area contributed by atoms with Gasteiger partial charge in [0.1, 0.15) is 0 Å². The van der Waals surface area contributed by atoms with Gasteiger partial charge in [0.05, 0.1) is 6.04 Å². The van der Waals surface area contributed by atoms with E-state index in [1.54, 1.807) is 0 Å². The Balaban J connectivity index is 2.08. The van der Waals surface area contributed by atoms with Gasteiger partial charge in [-0.3, -0.25) is 0 Å². The highest BCUT2D eigenvalue weighted by Gasteiger charge is 2.23. The quantitative estimate of drug-likeness (QED) is 0.712. The van der Waals surface area contributed by atoms with Gasteiger partial charge in [-0.25, -0.2) is 0 Å². The van der Waals surface area contributed by atoms with E-state index in [1.165, 1.54) is 6.42 Å². The number of piperidine rings is 1. The standard InChI is InChI=1S/C9H15N3O/c1-6-3-4-10-8(5-6)9-11-7(2)12-13-9/h6,8,10H,3-5H2,1-2H3. The molecule has 2 unspecified atom stereocenters. The molecule has 2 atom stereocenters. The molecular weight excluding hydrogens is 166 g/mol. The number of rotatable bonds is 1. The molecule has 0 saturated carbocycles. The molecule has 1 aliphatic rings. The molecule has 4 heteroatoms. The first-order chi connectivity index (χ1) is 6.25. The maximum absolute atomic E-state index is 5.13. The summed E-state index contributed by atoms with van der Waals surface area (Å²) in [5.41, 5.74) is 0. The molecular formula is C9H15N3O. The molecule has 13 heavy (non-hydrogen) atoms. The third-order valence-corrected chi connectivity index (χ3v) is 2.51. The molecule has 2 heterocycles. The number of hydrogen-bond donors (Lipinski definition) is 1. The smallest absolute Gasteiger partial charge is 0.243 e. The van der Waals surface area contributed by atoms with E-state index >= 15 is 0 Å². The molecule has 72 valence electrons. The highest BCUT2D eigenvalue weighted by molar-refractivity contribution is 4.93. The summed E-state index contributed by atoms with van der Waals surface area (Å²) < 4.78 is 5.13. The summed E-state index contributed by atoms with van der Waals surface area (Å²) in [6.07, 6.45) is 2.34. The fourth-order valence-corrected chi connectivity index (χ4v) is 1.75. The van der Waals surface area contributed by atoms with Gasteiger partial charge in [0, 0.05) is 0 Å². The zero-order valence-electron chi connectivity index (χ0n) is 8.08. The van der Waals surface area contributed by atoms with Crippen LogP contribution in [-0.4, -0.2) is 16.7 Å². The number of aryl methyl sites for hydroxylation is 1. The largest absolute Gasteiger partial charge is 0.338 e. The Morgan fingerprint density at radius 2 is 2.38 bits per heavy atom. The Morgan fingerprint density at radius 1 is 1.54 bits per heavy atom. The van der Waals surface area contributed by atoms with E-state index in [0.29, 0.717) is 0 Å². The zero-order valence-corrected chi connectivity index (χ0v) is 8.08. The second-order valence-corrected chi connectivity index (χ2v) is 3.82. The predicted molar refractivity (Wildman–Crippen MR) is 48.2 cm³/mol. The molecule has 1 aliphatic heterocycles. The van der Waals surface area contributed by atoms with Crippen molar-refractivity contribution in [1.29, 1.82) is 0 Å². The minimum Gasteiger partial charge on any atom is -0.338 e. The first kappa shape index (κ1) is 8.69. The fraction of sp³-hybridized carbons (Fsp3) is 0.778. The molecule has 4 nitrogen and oxygen atoms in total. The number of aromatic nitrogens is 2. The van der Waals surface area contributed by atoms with Crippen LogP contribution >= 0.6 is 0 Å². The van der Waals surface area contributed by atoms with Crippen molar-refractivity contribution in [1.82, 2.24) is 15.5 Å². The second-order valence-electron chi connectivity index (χ2n) is 3.82. The third-order valence-electron chi connectivity index (χ3n) is 2.51. The van der Waals surface area contributed by atoms with Gasteiger partial charge in [-0.2, -0.15) is 4.98 Å². The zero-order chi connectivity index (χ0) is 9.26. The van der Waals surface area contributed by atoms with Gasteiger partial charge < -0.3 is 9.84 Å². The Hall–Kier alpha value is -0.900. The molecule has 1 aromatic heterocycles. The molecule has 2 rings (SSSR count). The molecule has 1 fully saturated rings. The molecule has 0 radical (unpaired) electrons. The van der Waals surface area contributed by atoms with Gasteiger partial charge in [-0.15, -0.1) is 0 Å². The van der Waals surface area contributed by atoms with Crippen molar-refractivity contribution in [3.05, 3.63) is 11.7 Å². The second kappa shape index (κ2) is 3.46. The summed E-state index contributed by atoms with van der Waals surface area (Å²) in [6.45, 7) is 5.16. The van der Waals surface area contributed by atoms with Crippen LogP contribution in [0.4, 0.5) is 0 Å².